The third kappa shape index (κ3) is 5.16. The van der Waals surface area contributed by atoms with Crippen molar-refractivity contribution < 1.29 is 18.3 Å². The van der Waals surface area contributed by atoms with Crippen LogP contribution < -0.4 is 4.90 Å². The fraction of sp³-hybridized carbons (Fsp3) is 0.400. The lowest BCUT2D eigenvalue weighted by molar-refractivity contribution is -0.137. The van der Waals surface area contributed by atoms with Crippen LogP contribution in [-0.2, 0) is 27.9 Å². The zero-order valence-electron chi connectivity index (χ0n) is 24.0. The van der Waals surface area contributed by atoms with Crippen molar-refractivity contribution in [1.29, 1.82) is 0 Å². The summed E-state index contributed by atoms with van der Waals surface area (Å²) in [7, 11) is -3.79. The number of pyridine rings is 1. The number of anilines is 1. The van der Waals surface area contributed by atoms with E-state index in [1.54, 1.807) is 22.6 Å². The molecule has 42 heavy (non-hydrogen) atoms. The quantitative estimate of drug-likeness (QED) is 0.329. The summed E-state index contributed by atoms with van der Waals surface area (Å²) in [5.41, 5.74) is 6.09. The molecule has 6 rings (SSSR count). The Kier molecular flexibility index (Phi) is 8.32. The lowest BCUT2D eigenvalue weighted by Gasteiger charge is -2.26. The monoisotopic (exact) mass is 608 g/mol. The van der Waals surface area contributed by atoms with Gasteiger partial charge >= 0.3 is 5.97 Å². The average molecular weight is 609 g/mol. The van der Waals surface area contributed by atoms with Gasteiger partial charge in [-0.2, -0.15) is 17.8 Å². The third-order valence-corrected chi connectivity index (χ3v) is 10.4. The van der Waals surface area contributed by atoms with Gasteiger partial charge in [0.25, 0.3) is 0 Å². The van der Waals surface area contributed by atoms with Crippen molar-refractivity contribution in [2.24, 2.45) is 0 Å². The zero-order chi connectivity index (χ0) is 28.9. The molecule has 10 nitrogen and oxygen atoms in total. The number of benzene rings is 2. The van der Waals surface area contributed by atoms with Crippen LogP contribution in [0.4, 0.5) is 5.82 Å². The zero-order valence-corrected chi connectivity index (χ0v) is 25.8. The van der Waals surface area contributed by atoms with Crippen molar-refractivity contribution in [2.75, 3.05) is 18.0 Å². The van der Waals surface area contributed by atoms with Crippen LogP contribution in [0.3, 0.4) is 0 Å². The second-order valence-electron chi connectivity index (χ2n) is 11.0. The molecule has 1 fully saturated rings. The molecule has 0 radical (unpaired) electrons. The molecule has 0 spiro atoms. The molecule has 12 heteroatoms. The van der Waals surface area contributed by atoms with Gasteiger partial charge in [0.1, 0.15) is 16.2 Å². The maximum atomic E-state index is 13.9. The van der Waals surface area contributed by atoms with Gasteiger partial charge in [-0.25, -0.2) is 18.1 Å². The molecule has 2 atom stereocenters. The predicted molar refractivity (Wildman–Crippen MR) is 166 cm³/mol. The van der Waals surface area contributed by atoms with Gasteiger partial charge in [0, 0.05) is 44.3 Å². The number of aromatic nitrogens is 4. The third-order valence-electron chi connectivity index (χ3n) is 8.59. The molecule has 2 aromatic carbocycles. The van der Waals surface area contributed by atoms with Gasteiger partial charge in [0.2, 0.25) is 10.0 Å². The van der Waals surface area contributed by atoms with E-state index >= 15 is 0 Å². The molecule has 1 N–H and O–H groups in total. The minimum Gasteiger partial charge on any atom is -0.481 e. The summed E-state index contributed by atoms with van der Waals surface area (Å²) in [6, 6.07) is 13.2. The minimum atomic E-state index is -3.79. The number of aryl methyl sites for hydroxylation is 3. The first-order valence-electron chi connectivity index (χ1n) is 14.0. The van der Waals surface area contributed by atoms with Gasteiger partial charge in [-0.1, -0.05) is 29.5 Å². The van der Waals surface area contributed by atoms with Gasteiger partial charge < -0.3 is 10.0 Å². The van der Waals surface area contributed by atoms with Crippen molar-refractivity contribution in [3.8, 4) is 0 Å². The van der Waals surface area contributed by atoms with E-state index in [9.17, 15) is 18.3 Å². The number of hydrogen-bond donors (Lipinski definition) is 1. The Hall–Kier alpha value is -3.48. The molecule has 0 unspecified atom stereocenters. The summed E-state index contributed by atoms with van der Waals surface area (Å²) in [6.45, 7) is 7.98. The number of rotatable bonds is 7. The van der Waals surface area contributed by atoms with Crippen molar-refractivity contribution >= 4 is 46.3 Å². The second kappa shape index (κ2) is 11.7. The van der Waals surface area contributed by atoms with Crippen LogP contribution in [-0.4, -0.2) is 62.9 Å². The van der Waals surface area contributed by atoms with Crippen LogP contribution >= 0.6 is 13.5 Å². The lowest BCUT2D eigenvalue weighted by Crippen LogP contribution is -2.39. The molecule has 2 aliphatic rings. The normalized spacial score (nSPS) is 18.6. The number of fused-ring (bicyclic) bond motifs is 4. The molecule has 0 amide bonds. The first-order valence-corrected chi connectivity index (χ1v) is 15.5. The number of hydrogen-bond acceptors (Lipinski definition) is 7. The maximum Gasteiger partial charge on any atom is 0.304 e. The summed E-state index contributed by atoms with van der Waals surface area (Å²) < 4.78 is 31.2. The van der Waals surface area contributed by atoms with Crippen molar-refractivity contribution in [3.05, 3.63) is 76.5 Å². The Morgan fingerprint density at radius 2 is 1.98 bits per heavy atom. The summed E-state index contributed by atoms with van der Waals surface area (Å²) in [6.07, 6.45) is 3.45. The Morgan fingerprint density at radius 1 is 1.17 bits per heavy atom. The standard InChI is InChI=1S/C30H34N6O4S.H2S/c1-4-36-26-12-11-24(20(3)29(26)32-33-36)25(16-28(37)38)21-10-9-19(2)22(15-21)17-34-18-23-7-6-14-35(23)30-27(41(34,39)40)8-5-13-31-30;/h5,8-13,15,23,25H,4,6-7,14,16-18H2,1-3H3,(H,37,38);1H2/t23-,25+;/m0./s1. The molecule has 2 aliphatic heterocycles. The van der Waals surface area contributed by atoms with E-state index in [4.69, 9.17) is 0 Å². The number of aliphatic carboxylic acids is 1. The first-order chi connectivity index (χ1) is 19.7. The SMILES string of the molecule is CCn1nnc2c(C)c([C@H](CC(=O)O)c3ccc(C)c(CN4C[C@@H]5CCCN5c5ncccc5S4(=O)=O)c3)ccc21.S. The molecule has 222 valence electrons. The van der Waals surface area contributed by atoms with Crippen LogP contribution in [0.5, 0.6) is 0 Å². The molecule has 0 saturated carbocycles. The van der Waals surface area contributed by atoms with E-state index in [1.807, 2.05) is 55.8 Å². The molecule has 1 saturated heterocycles. The van der Waals surface area contributed by atoms with Gasteiger partial charge in [0.05, 0.1) is 11.9 Å². The highest BCUT2D eigenvalue weighted by atomic mass is 32.2. The van der Waals surface area contributed by atoms with Gasteiger partial charge in [0.15, 0.2) is 0 Å². The Balaban J connectivity index is 0.00000353. The van der Waals surface area contributed by atoms with Crippen molar-refractivity contribution in [1.82, 2.24) is 24.3 Å². The molecule has 0 aliphatic carbocycles. The highest BCUT2D eigenvalue weighted by Crippen LogP contribution is 2.38. The predicted octanol–water partition coefficient (Wildman–Crippen LogP) is 4.36. The Bertz CT molecular complexity index is 1760. The van der Waals surface area contributed by atoms with Crippen LogP contribution in [0, 0.1) is 13.8 Å². The number of carbonyl (C=O) groups is 1. The van der Waals surface area contributed by atoms with Crippen molar-refractivity contribution in [2.45, 2.75) is 70.0 Å². The summed E-state index contributed by atoms with van der Waals surface area (Å²) in [5.74, 6) is -0.802. The molecular formula is C30H36N6O4S2. The number of sulfonamides is 1. The number of nitrogens with zero attached hydrogens (tertiary/aromatic N) is 6. The van der Waals surface area contributed by atoms with E-state index in [1.165, 1.54) is 0 Å². The van der Waals surface area contributed by atoms with E-state index in [2.05, 4.69) is 20.2 Å². The Morgan fingerprint density at radius 3 is 2.74 bits per heavy atom. The average Bonchev–Trinajstić information content (AvgIpc) is 3.58. The first kappa shape index (κ1) is 30.0. The van der Waals surface area contributed by atoms with Crippen LogP contribution in [0.1, 0.15) is 59.9 Å². The highest BCUT2D eigenvalue weighted by Gasteiger charge is 2.40. The summed E-state index contributed by atoms with van der Waals surface area (Å²) >= 11 is 0. The largest absolute Gasteiger partial charge is 0.481 e. The van der Waals surface area contributed by atoms with Crippen LogP contribution in [0.15, 0.2) is 53.6 Å². The molecular weight excluding hydrogens is 573 g/mol. The molecule has 2 aromatic heterocycles. The van der Waals surface area contributed by atoms with E-state index < -0.39 is 21.9 Å². The topological polar surface area (TPSA) is 122 Å². The van der Waals surface area contributed by atoms with Gasteiger partial charge in [-0.3, -0.25) is 4.79 Å². The van der Waals surface area contributed by atoms with Crippen LogP contribution in [0.25, 0.3) is 11.0 Å². The van der Waals surface area contributed by atoms with E-state index in [0.29, 0.717) is 18.9 Å². The molecule has 4 aromatic rings. The summed E-state index contributed by atoms with van der Waals surface area (Å²) in [5, 5.41) is 18.5. The maximum absolute atomic E-state index is 13.9. The number of carboxylic acid groups (broad SMARTS) is 1. The van der Waals surface area contributed by atoms with Gasteiger partial charge in [-0.05, 0) is 79.6 Å². The van der Waals surface area contributed by atoms with Crippen LogP contribution in [0.2, 0.25) is 0 Å². The van der Waals surface area contributed by atoms with Crippen molar-refractivity contribution in [3.63, 3.8) is 0 Å². The minimum absolute atomic E-state index is 0. The highest BCUT2D eigenvalue weighted by molar-refractivity contribution is 7.89. The number of carboxylic acids is 1. The smallest absolute Gasteiger partial charge is 0.304 e. The molecule has 0 bridgehead atoms. The van der Waals surface area contributed by atoms with E-state index in [-0.39, 0.29) is 37.4 Å². The lowest BCUT2D eigenvalue weighted by atomic mass is 9.84. The van der Waals surface area contributed by atoms with Gasteiger partial charge in [-0.15, -0.1) is 5.10 Å². The fourth-order valence-corrected chi connectivity index (χ4v) is 7.98. The molecule has 4 heterocycles. The summed E-state index contributed by atoms with van der Waals surface area (Å²) in [4.78, 5) is 18.9. The second-order valence-corrected chi connectivity index (χ2v) is 12.9. The Labute approximate surface area is 252 Å². The fourth-order valence-electron chi connectivity index (χ4n) is 6.37. The van der Waals surface area contributed by atoms with E-state index in [0.717, 1.165) is 58.2 Å².